The van der Waals surface area contributed by atoms with Gasteiger partial charge in [-0.1, -0.05) is 48.5 Å². The molecule has 0 aliphatic carbocycles. The van der Waals surface area contributed by atoms with Crippen LogP contribution in [0.15, 0.2) is 88.2 Å². The molecule has 4 aromatic rings. The van der Waals surface area contributed by atoms with E-state index in [1.54, 1.807) is 18.3 Å². The zero-order valence-corrected chi connectivity index (χ0v) is 15.3. The van der Waals surface area contributed by atoms with E-state index in [0.29, 0.717) is 11.3 Å². The quantitative estimate of drug-likeness (QED) is 0.550. The lowest BCUT2D eigenvalue weighted by Crippen LogP contribution is -2.24. The van der Waals surface area contributed by atoms with Crippen LogP contribution in [0.2, 0.25) is 0 Å². The Bertz CT molecular complexity index is 1230. The number of nitrogens with zero attached hydrogens (tertiary/aromatic N) is 3. The third-order valence-electron chi connectivity index (χ3n) is 4.31. The Balaban J connectivity index is 1.63. The second kappa shape index (κ2) is 7.55. The Kier molecular flexibility index (Phi) is 4.80. The number of thiazole rings is 1. The smallest absolute Gasteiger partial charge is 0.268 e. The molecule has 1 amide bonds. The maximum atomic E-state index is 12.3. The van der Waals surface area contributed by atoms with Gasteiger partial charge in [-0.05, 0) is 22.4 Å². The summed E-state index contributed by atoms with van der Waals surface area (Å²) < 4.78 is 3.31. The molecule has 0 saturated heterocycles. The predicted molar refractivity (Wildman–Crippen MR) is 107 cm³/mol. The van der Waals surface area contributed by atoms with Crippen LogP contribution in [0.25, 0.3) is 10.8 Å². The van der Waals surface area contributed by atoms with E-state index >= 15 is 0 Å². The third kappa shape index (κ3) is 3.80. The van der Waals surface area contributed by atoms with Crippen LogP contribution in [-0.2, 0) is 17.9 Å². The molecule has 5 nitrogen and oxygen atoms in total. The highest BCUT2D eigenvalue weighted by Gasteiger charge is 2.06. The Morgan fingerprint density at radius 3 is 2.63 bits per heavy atom. The lowest BCUT2D eigenvalue weighted by molar-refractivity contribution is -0.118. The molecule has 0 aliphatic rings. The van der Waals surface area contributed by atoms with Crippen LogP contribution in [0.4, 0.5) is 0 Å². The van der Waals surface area contributed by atoms with Crippen molar-refractivity contribution in [3.05, 3.63) is 99.2 Å². The van der Waals surface area contributed by atoms with Crippen molar-refractivity contribution in [2.45, 2.75) is 13.1 Å². The maximum Gasteiger partial charge on any atom is 0.268 e. The molecule has 2 aromatic carbocycles. The van der Waals surface area contributed by atoms with Crippen molar-refractivity contribution in [2.75, 3.05) is 0 Å². The summed E-state index contributed by atoms with van der Waals surface area (Å²) in [7, 11) is 0. The Hall–Kier alpha value is -3.25. The molecule has 6 heteroatoms. The minimum atomic E-state index is -0.350. The molecule has 27 heavy (non-hydrogen) atoms. The minimum Gasteiger partial charge on any atom is -0.319 e. The number of pyridine rings is 1. The number of aromatic nitrogens is 2. The van der Waals surface area contributed by atoms with Crippen molar-refractivity contribution in [1.29, 1.82) is 0 Å². The molecule has 0 fully saturated rings. The average Bonchev–Trinajstić information content (AvgIpc) is 3.10. The van der Waals surface area contributed by atoms with Crippen LogP contribution in [-0.4, -0.2) is 15.0 Å². The summed E-state index contributed by atoms with van der Waals surface area (Å²) in [5.41, 5.74) is 0.954. The predicted octanol–water partition coefficient (Wildman–Crippen LogP) is 3.04. The average molecular weight is 375 g/mol. The number of rotatable bonds is 4. The van der Waals surface area contributed by atoms with Crippen molar-refractivity contribution < 1.29 is 4.79 Å². The van der Waals surface area contributed by atoms with E-state index in [-0.39, 0.29) is 18.0 Å². The summed E-state index contributed by atoms with van der Waals surface area (Å²) >= 11 is 1.41. The van der Waals surface area contributed by atoms with Gasteiger partial charge >= 0.3 is 0 Å². The molecular weight excluding hydrogens is 358 g/mol. The molecule has 2 heterocycles. The Morgan fingerprint density at radius 1 is 0.926 bits per heavy atom. The zero-order valence-electron chi connectivity index (χ0n) is 14.5. The van der Waals surface area contributed by atoms with Crippen LogP contribution in [0.1, 0.15) is 5.56 Å². The van der Waals surface area contributed by atoms with Gasteiger partial charge in [0, 0.05) is 23.8 Å². The number of amides is 1. The number of hydrogen-bond donors (Lipinski definition) is 0. The topological polar surface area (TPSA) is 56.4 Å². The van der Waals surface area contributed by atoms with E-state index in [4.69, 9.17) is 0 Å². The van der Waals surface area contributed by atoms with Gasteiger partial charge in [0.2, 0.25) is 0 Å². The first-order valence-corrected chi connectivity index (χ1v) is 9.42. The molecule has 0 atom stereocenters. The Morgan fingerprint density at radius 2 is 1.74 bits per heavy atom. The largest absolute Gasteiger partial charge is 0.319 e. The number of benzene rings is 2. The fraction of sp³-hybridized carbons (Fsp3) is 0.0952. The summed E-state index contributed by atoms with van der Waals surface area (Å²) in [6.07, 6.45) is 3.52. The minimum absolute atomic E-state index is 0.0636. The van der Waals surface area contributed by atoms with Gasteiger partial charge in [0.15, 0.2) is 4.80 Å². The summed E-state index contributed by atoms with van der Waals surface area (Å²) in [4.78, 5) is 28.9. The zero-order chi connectivity index (χ0) is 18.6. The van der Waals surface area contributed by atoms with Crippen LogP contribution < -0.4 is 10.4 Å². The van der Waals surface area contributed by atoms with E-state index in [1.807, 2.05) is 34.3 Å². The maximum absolute atomic E-state index is 12.3. The van der Waals surface area contributed by atoms with Crippen molar-refractivity contribution in [3.63, 3.8) is 0 Å². The molecule has 0 N–H and O–H groups in total. The first kappa shape index (κ1) is 17.2. The molecule has 0 aliphatic heterocycles. The Labute approximate surface area is 159 Å². The van der Waals surface area contributed by atoms with Gasteiger partial charge in [-0.15, -0.1) is 11.3 Å². The van der Waals surface area contributed by atoms with Gasteiger partial charge in [-0.25, -0.2) is 0 Å². The monoisotopic (exact) mass is 375 g/mol. The van der Waals surface area contributed by atoms with Gasteiger partial charge in [-0.3, -0.25) is 9.59 Å². The molecule has 0 saturated carbocycles. The van der Waals surface area contributed by atoms with Crippen LogP contribution in [0, 0.1) is 0 Å². The number of carbonyl (C=O) groups is 1. The number of hydrogen-bond acceptors (Lipinski definition) is 3. The van der Waals surface area contributed by atoms with E-state index in [9.17, 15) is 9.59 Å². The van der Waals surface area contributed by atoms with Crippen molar-refractivity contribution in [1.82, 2.24) is 9.13 Å². The molecule has 0 radical (unpaired) electrons. The molecule has 134 valence electrons. The fourth-order valence-corrected chi connectivity index (χ4v) is 3.74. The van der Waals surface area contributed by atoms with Crippen molar-refractivity contribution >= 4 is 28.0 Å². The molecule has 0 spiro atoms. The van der Waals surface area contributed by atoms with Crippen LogP contribution >= 0.6 is 11.3 Å². The highest BCUT2D eigenvalue weighted by Crippen LogP contribution is 2.19. The number of fused-ring (bicyclic) bond motifs is 1. The SMILES string of the molecule is O=C(Cn1ccccc1=O)N=c1sccn1Cc1cccc2ccccc12. The molecule has 4 rings (SSSR count). The third-order valence-corrected chi connectivity index (χ3v) is 5.10. The molecular formula is C21H17N3O2S. The van der Waals surface area contributed by atoms with E-state index in [1.165, 1.54) is 38.3 Å². The first-order chi connectivity index (χ1) is 13.2. The number of carbonyl (C=O) groups excluding carboxylic acids is 1. The van der Waals surface area contributed by atoms with Gasteiger partial charge in [0.1, 0.15) is 6.54 Å². The van der Waals surface area contributed by atoms with Gasteiger partial charge in [0.05, 0.1) is 6.54 Å². The highest BCUT2D eigenvalue weighted by atomic mass is 32.1. The van der Waals surface area contributed by atoms with Crippen LogP contribution in [0.5, 0.6) is 0 Å². The standard InChI is InChI=1S/C21H17N3O2S/c25-19(15-23-11-4-3-10-20(23)26)22-21-24(12-13-27-21)14-17-8-5-7-16-6-1-2-9-18(16)17/h1-13H,14-15H2. The summed E-state index contributed by atoms with van der Waals surface area (Å²) in [5.74, 6) is -0.350. The summed E-state index contributed by atoms with van der Waals surface area (Å²) in [6, 6.07) is 19.2. The van der Waals surface area contributed by atoms with Gasteiger partial charge < -0.3 is 9.13 Å². The fourth-order valence-electron chi connectivity index (χ4n) is 3.00. The second-order valence-electron chi connectivity index (χ2n) is 6.12. The normalized spacial score (nSPS) is 11.8. The second-order valence-corrected chi connectivity index (χ2v) is 7.00. The molecule has 2 aromatic heterocycles. The van der Waals surface area contributed by atoms with E-state index in [0.717, 1.165) is 0 Å². The highest BCUT2D eigenvalue weighted by molar-refractivity contribution is 7.07. The first-order valence-electron chi connectivity index (χ1n) is 8.54. The van der Waals surface area contributed by atoms with Gasteiger partial charge in [-0.2, -0.15) is 4.99 Å². The van der Waals surface area contributed by atoms with E-state index in [2.05, 4.69) is 29.3 Å². The van der Waals surface area contributed by atoms with Crippen LogP contribution in [0.3, 0.4) is 0 Å². The lowest BCUT2D eigenvalue weighted by atomic mass is 10.0. The lowest BCUT2D eigenvalue weighted by Gasteiger charge is -2.07. The summed E-state index contributed by atoms with van der Waals surface area (Å²) in [6.45, 7) is 0.564. The van der Waals surface area contributed by atoms with E-state index < -0.39 is 0 Å². The summed E-state index contributed by atoms with van der Waals surface area (Å²) in [5, 5.41) is 4.28. The van der Waals surface area contributed by atoms with Crippen molar-refractivity contribution in [2.24, 2.45) is 4.99 Å². The molecule has 0 bridgehead atoms. The molecule has 0 unspecified atom stereocenters. The van der Waals surface area contributed by atoms with Crippen molar-refractivity contribution in [3.8, 4) is 0 Å². The van der Waals surface area contributed by atoms with Gasteiger partial charge in [0.25, 0.3) is 11.5 Å².